The molecular formula is C7H16FNO. The molecule has 0 saturated carbocycles. The van der Waals surface area contributed by atoms with Crippen molar-refractivity contribution in [3.63, 3.8) is 0 Å². The summed E-state index contributed by atoms with van der Waals surface area (Å²) in [7, 11) is 0. The van der Waals surface area contributed by atoms with E-state index in [9.17, 15) is 4.39 Å². The lowest BCUT2D eigenvalue weighted by Crippen LogP contribution is -2.48. The van der Waals surface area contributed by atoms with Crippen molar-refractivity contribution in [2.45, 2.75) is 25.8 Å². The first-order valence-corrected chi connectivity index (χ1v) is 3.52. The summed E-state index contributed by atoms with van der Waals surface area (Å²) >= 11 is 0. The molecule has 0 aromatic carbocycles. The SMILES string of the molecule is CC(C)[C@](N)(CO)CCF. The summed E-state index contributed by atoms with van der Waals surface area (Å²) in [6.45, 7) is 3.15. The quantitative estimate of drug-likeness (QED) is 0.617. The molecule has 1 atom stereocenters. The number of hydrogen-bond donors (Lipinski definition) is 2. The Labute approximate surface area is 61.2 Å². The Bertz CT molecular complexity index is 97.6. The van der Waals surface area contributed by atoms with Gasteiger partial charge in [0, 0.05) is 5.54 Å². The number of aliphatic hydroxyl groups is 1. The summed E-state index contributed by atoms with van der Waals surface area (Å²) in [6, 6.07) is 0. The Hall–Kier alpha value is -0.150. The van der Waals surface area contributed by atoms with E-state index < -0.39 is 12.2 Å². The third-order valence-electron chi connectivity index (χ3n) is 2.00. The first-order chi connectivity index (χ1) is 4.56. The second-order valence-corrected chi connectivity index (χ2v) is 2.98. The molecule has 2 nitrogen and oxygen atoms in total. The molecule has 3 heteroatoms. The minimum absolute atomic E-state index is 0.119. The molecule has 0 aliphatic rings. The average Bonchev–Trinajstić information content (AvgIpc) is 1.88. The van der Waals surface area contributed by atoms with E-state index in [1.54, 1.807) is 0 Å². The fourth-order valence-corrected chi connectivity index (χ4v) is 0.726. The van der Waals surface area contributed by atoms with Crippen molar-refractivity contribution in [2.75, 3.05) is 13.3 Å². The van der Waals surface area contributed by atoms with Crippen molar-refractivity contribution in [3.8, 4) is 0 Å². The molecule has 0 spiro atoms. The number of rotatable bonds is 4. The summed E-state index contributed by atoms with van der Waals surface area (Å²) in [5.74, 6) is 0.119. The Morgan fingerprint density at radius 3 is 2.20 bits per heavy atom. The Morgan fingerprint density at radius 1 is 1.60 bits per heavy atom. The van der Waals surface area contributed by atoms with Crippen LogP contribution in [0.25, 0.3) is 0 Å². The number of aliphatic hydroxyl groups excluding tert-OH is 1. The second kappa shape index (κ2) is 3.88. The van der Waals surface area contributed by atoms with Gasteiger partial charge in [-0.2, -0.15) is 0 Å². The third-order valence-corrected chi connectivity index (χ3v) is 2.00. The molecule has 62 valence electrons. The highest BCUT2D eigenvalue weighted by molar-refractivity contribution is 4.86. The molecule has 0 heterocycles. The predicted molar refractivity (Wildman–Crippen MR) is 39.4 cm³/mol. The molecule has 0 unspecified atom stereocenters. The molecule has 0 radical (unpaired) electrons. The monoisotopic (exact) mass is 149 g/mol. The van der Waals surface area contributed by atoms with Crippen molar-refractivity contribution in [1.29, 1.82) is 0 Å². The molecule has 0 aromatic rings. The van der Waals surface area contributed by atoms with Crippen LogP contribution in [0.3, 0.4) is 0 Å². The smallest absolute Gasteiger partial charge is 0.0912 e. The van der Waals surface area contributed by atoms with Crippen LogP contribution in [0.4, 0.5) is 4.39 Å². The van der Waals surface area contributed by atoms with Crippen LogP contribution in [-0.4, -0.2) is 23.9 Å². The molecule has 0 amide bonds. The molecule has 10 heavy (non-hydrogen) atoms. The van der Waals surface area contributed by atoms with E-state index in [1.807, 2.05) is 13.8 Å². The molecule has 0 aromatic heterocycles. The highest BCUT2D eigenvalue weighted by Crippen LogP contribution is 2.17. The van der Waals surface area contributed by atoms with E-state index in [-0.39, 0.29) is 18.9 Å². The predicted octanol–water partition coefficient (Wildman–Crippen LogP) is 0.692. The van der Waals surface area contributed by atoms with E-state index in [4.69, 9.17) is 10.8 Å². The minimum Gasteiger partial charge on any atom is -0.394 e. The summed E-state index contributed by atoms with van der Waals surface area (Å²) in [6.07, 6.45) is 0.237. The minimum atomic E-state index is -0.727. The molecule has 0 bridgehead atoms. The second-order valence-electron chi connectivity index (χ2n) is 2.98. The van der Waals surface area contributed by atoms with Crippen molar-refractivity contribution in [2.24, 2.45) is 11.7 Å². The van der Waals surface area contributed by atoms with Crippen molar-refractivity contribution in [3.05, 3.63) is 0 Å². The van der Waals surface area contributed by atoms with Crippen molar-refractivity contribution >= 4 is 0 Å². The topological polar surface area (TPSA) is 46.2 Å². The summed E-state index contributed by atoms with van der Waals surface area (Å²) in [5, 5.41) is 8.80. The standard InChI is InChI=1S/C7H16FNO/c1-6(2)7(9,5-10)3-4-8/h6,10H,3-5,9H2,1-2H3/t7-/m1/s1. The summed E-state index contributed by atoms with van der Waals surface area (Å²) < 4.78 is 11.8. The third kappa shape index (κ3) is 2.23. The van der Waals surface area contributed by atoms with Gasteiger partial charge < -0.3 is 10.8 Å². The largest absolute Gasteiger partial charge is 0.394 e. The number of alkyl halides is 1. The van der Waals surface area contributed by atoms with Gasteiger partial charge in [0.15, 0.2) is 0 Å². The Balaban J connectivity index is 3.94. The van der Waals surface area contributed by atoms with Crippen LogP contribution in [0.1, 0.15) is 20.3 Å². The fraction of sp³-hybridized carbons (Fsp3) is 1.00. The van der Waals surface area contributed by atoms with Gasteiger partial charge in [-0.1, -0.05) is 13.8 Å². The van der Waals surface area contributed by atoms with E-state index in [0.29, 0.717) is 0 Å². The van der Waals surface area contributed by atoms with Gasteiger partial charge in [0.05, 0.1) is 13.3 Å². The van der Waals surface area contributed by atoms with Crippen LogP contribution in [0.5, 0.6) is 0 Å². The number of hydrogen-bond acceptors (Lipinski definition) is 2. The lowest BCUT2D eigenvalue weighted by molar-refractivity contribution is 0.137. The zero-order valence-electron chi connectivity index (χ0n) is 6.60. The van der Waals surface area contributed by atoms with E-state index >= 15 is 0 Å². The van der Waals surface area contributed by atoms with Crippen LogP contribution in [-0.2, 0) is 0 Å². The van der Waals surface area contributed by atoms with Crippen molar-refractivity contribution in [1.82, 2.24) is 0 Å². The molecule has 0 aliphatic carbocycles. The average molecular weight is 149 g/mol. The molecule has 3 N–H and O–H groups in total. The van der Waals surface area contributed by atoms with Gasteiger partial charge in [0.1, 0.15) is 0 Å². The van der Waals surface area contributed by atoms with E-state index in [1.165, 1.54) is 0 Å². The maximum atomic E-state index is 11.8. The van der Waals surface area contributed by atoms with Gasteiger partial charge in [-0.15, -0.1) is 0 Å². The maximum Gasteiger partial charge on any atom is 0.0912 e. The first-order valence-electron chi connectivity index (χ1n) is 3.52. The van der Waals surface area contributed by atoms with Crippen molar-refractivity contribution < 1.29 is 9.50 Å². The van der Waals surface area contributed by atoms with Gasteiger partial charge in [0.2, 0.25) is 0 Å². The van der Waals surface area contributed by atoms with Gasteiger partial charge in [-0.3, -0.25) is 4.39 Å². The van der Waals surface area contributed by atoms with Crippen LogP contribution in [0.2, 0.25) is 0 Å². The number of halogens is 1. The lowest BCUT2D eigenvalue weighted by Gasteiger charge is -2.30. The highest BCUT2D eigenvalue weighted by Gasteiger charge is 2.27. The summed E-state index contributed by atoms with van der Waals surface area (Å²) in [4.78, 5) is 0. The van der Waals surface area contributed by atoms with Crippen LogP contribution in [0, 0.1) is 5.92 Å². The van der Waals surface area contributed by atoms with Gasteiger partial charge in [-0.25, -0.2) is 0 Å². The van der Waals surface area contributed by atoms with Gasteiger partial charge >= 0.3 is 0 Å². The molecule has 0 rings (SSSR count). The molecule has 0 saturated heterocycles. The number of nitrogens with two attached hydrogens (primary N) is 1. The van der Waals surface area contributed by atoms with Crippen LogP contribution >= 0.6 is 0 Å². The lowest BCUT2D eigenvalue weighted by atomic mass is 9.86. The van der Waals surface area contributed by atoms with Gasteiger partial charge in [-0.05, 0) is 12.3 Å². The maximum absolute atomic E-state index is 11.8. The molecular weight excluding hydrogens is 133 g/mol. The Kier molecular flexibility index (Phi) is 3.83. The first kappa shape index (κ1) is 9.85. The highest BCUT2D eigenvalue weighted by atomic mass is 19.1. The van der Waals surface area contributed by atoms with Crippen LogP contribution < -0.4 is 5.73 Å². The molecule has 0 aliphatic heterocycles. The normalized spacial score (nSPS) is 17.4. The van der Waals surface area contributed by atoms with E-state index in [2.05, 4.69) is 0 Å². The van der Waals surface area contributed by atoms with Gasteiger partial charge in [0.25, 0.3) is 0 Å². The van der Waals surface area contributed by atoms with Crippen LogP contribution in [0.15, 0.2) is 0 Å². The zero-order valence-corrected chi connectivity index (χ0v) is 6.60. The molecule has 0 fully saturated rings. The zero-order chi connectivity index (χ0) is 8.20. The Morgan fingerprint density at radius 2 is 2.10 bits per heavy atom. The van der Waals surface area contributed by atoms with E-state index in [0.717, 1.165) is 0 Å². The summed E-state index contributed by atoms with van der Waals surface area (Å²) in [5.41, 5.74) is 4.93. The fourth-order valence-electron chi connectivity index (χ4n) is 0.726.